The highest BCUT2D eigenvalue weighted by molar-refractivity contribution is 9.10. The summed E-state index contributed by atoms with van der Waals surface area (Å²) in [7, 11) is 0. The fourth-order valence-electron chi connectivity index (χ4n) is 1.55. The predicted octanol–water partition coefficient (Wildman–Crippen LogP) is 3.60. The van der Waals surface area contributed by atoms with Crippen LogP contribution in [0, 0.1) is 17.0 Å². The van der Waals surface area contributed by atoms with Crippen LogP contribution in [-0.2, 0) is 11.2 Å². The van der Waals surface area contributed by atoms with Crippen molar-refractivity contribution in [3.8, 4) is 0 Å². The standard InChI is InChI=1S/C14H18BrF2NO/c1-14(2,3)12(18)7-8(19)6-9-11(16)5-4-10(15)13(9)17/h4-5,12H,6-7,18H2,1-3H3. The van der Waals surface area contributed by atoms with Gasteiger partial charge in [-0.15, -0.1) is 0 Å². The molecular formula is C14H18BrF2NO. The van der Waals surface area contributed by atoms with Crippen molar-refractivity contribution >= 4 is 21.7 Å². The lowest BCUT2D eigenvalue weighted by molar-refractivity contribution is -0.119. The zero-order valence-electron chi connectivity index (χ0n) is 11.3. The van der Waals surface area contributed by atoms with Crippen LogP contribution >= 0.6 is 15.9 Å². The molecule has 1 aromatic rings. The normalized spacial score (nSPS) is 13.4. The molecule has 0 aliphatic carbocycles. The van der Waals surface area contributed by atoms with Gasteiger partial charge < -0.3 is 5.73 Å². The smallest absolute Gasteiger partial charge is 0.143 e. The number of hydrogen-bond donors (Lipinski definition) is 1. The molecular weight excluding hydrogens is 316 g/mol. The second kappa shape index (κ2) is 6.09. The Morgan fingerprint density at radius 3 is 2.47 bits per heavy atom. The van der Waals surface area contributed by atoms with E-state index in [1.165, 1.54) is 6.07 Å². The zero-order valence-corrected chi connectivity index (χ0v) is 12.9. The first-order valence-corrected chi connectivity index (χ1v) is 6.82. The molecule has 0 heterocycles. The van der Waals surface area contributed by atoms with Gasteiger partial charge >= 0.3 is 0 Å². The lowest BCUT2D eigenvalue weighted by atomic mass is 9.84. The van der Waals surface area contributed by atoms with E-state index in [9.17, 15) is 13.6 Å². The SMILES string of the molecule is CC(C)(C)C(N)CC(=O)Cc1c(F)ccc(Br)c1F. The minimum absolute atomic E-state index is 0.106. The fourth-order valence-corrected chi connectivity index (χ4v) is 1.92. The maximum absolute atomic E-state index is 13.7. The van der Waals surface area contributed by atoms with Crippen LogP contribution in [0.25, 0.3) is 0 Å². The Kier molecular flexibility index (Phi) is 5.21. The van der Waals surface area contributed by atoms with Gasteiger partial charge in [0.25, 0.3) is 0 Å². The van der Waals surface area contributed by atoms with Crippen molar-refractivity contribution in [1.82, 2.24) is 0 Å². The van der Waals surface area contributed by atoms with E-state index in [-0.39, 0.29) is 40.1 Å². The Morgan fingerprint density at radius 1 is 1.37 bits per heavy atom. The molecule has 0 bridgehead atoms. The Morgan fingerprint density at radius 2 is 1.95 bits per heavy atom. The summed E-state index contributed by atoms with van der Waals surface area (Å²) in [6.07, 6.45) is -0.171. The van der Waals surface area contributed by atoms with Crippen molar-refractivity contribution in [3.63, 3.8) is 0 Å². The molecule has 1 aromatic carbocycles. The molecule has 0 radical (unpaired) electrons. The van der Waals surface area contributed by atoms with Crippen LogP contribution in [0.2, 0.25) is 0 Å². The lowest BCUT2D eigenvalue weighted by Crippen LogP contribution is -2.37. The topological polar surface area (TPSA) is 43.1 Å². The highest BCUT2D eigenvalue weighted by Crippen LogP contribution is 2.24. The molecule has 0 aliphatic heterocycles. The third-order valence-electron chi connectivity index (χ3n) is 3.07. The average Bonchev–Trinajstić information content (AvgIpc) is 2.28. The molecule has 5 heteroatoms. The maximum Gasteiger partial charge on any atom is 0.143 e. The first-order valence-electron chi connectivity index (χ1n) is 6.02. The molecule has 1 rings (SSSR count). The van der Waals surface area contributed by atoms with E-state index in [0.29, 0.717) is 0 Å². The lowest BCUT2D eigenvalue weighted by Gasteiger charge is -2.26. The van der Waals surface area contributed by atoms with Crippen LogP contribution in [0.3, 0.4) is 0 Å². The van der Waals surface area contributed by atoms with Crippen LogP contribution in [0.5, 0.6) is 0 Å². The van der Waals surface area contributed by atoms with Gasteiger partial charge in [0, 0.05) is 24.4 Å². The number of hydrogen-bond acceptors (Lipinski definition) is 2. The number of carbonyl (C=O) groups excluding carboxylic acids is 1. The van der Waals surface area contributed by atoms with Gasteiger partial charge in [0.2, 0.25) is 0 Å². The summed E-state index contributed by atoms with van der Waals surface area (Å²) in [6, 6.07) is 2.08. The average molecular weight is 334 g/mol. The summed E-state index contributed by atoms with van der Waals surface area (Å²) in [5.41, 5.74) is 5.47. The van der Waals surface area contributed by atoms with E-state index in [4.69, 9.17) is 5.73 Å². The Labute approximate surface area is 120 Å². The Hall–Kier alpha value is -0.810. The molecule has 1 atom stereocenters. The molecule has 2 N–H and O–H groups in total. The summed E-state index contributed by atoms with van der Waals surface area (Å²) in [6.45, 7) is 5.77. The first kappa shape index (κ1) is 16.2. The minimum atomic E-state index is -0.724. The highest BCUT2D eigenvalue weighted by Gasteiger charge is 2.24. The highest BCUT2D eigenvalue weighted by atomic mass is 79.9. The Bertz CT molecular complexity index is 483. The largest absolute Gasteiger partial charge is 0.327 e. The van der Waals surface area contributed by atoms with Crippen LogP contribution in [-0.4, -0.2) is 11.8 Å². The molecule has 0 amide bonds. The van der Waals surface area contributed by atoms with Crippen molar-refractivity contribution in [3.05, 3.63) is 33.8 Å². The summed E-state index contributed by atoms with van der Waals surface area (Å²) in [4.78, 5) is 11.9. The molecule has 0 aromatic heterocycles. The quantitative estimate of drug-likeness (QED) is 0.855. The van der Waals surface area contributed by atoms with Crippen LogP contribution in [0.4, 0.5) is 8.78 Å². The van der Waals surface area contributed by atoms with Gasteiger partial charge in [-0.2, -0.15) is 0 Å². The molecule has 0 saturated heterocycles. The molecule has 0 aliphatic rings. The number of rotatable bonds is 4. The van der Waals surface area contributed by atoms with Crippen LogP contribution in [0.15, 0.2) is 16.6 Å². The second-order valence-electron chi connectivity index (χ2n) is 5.71. The van der Waals surface area contributed by atoms with Crippen molar-refractivity contribution in [2.24, 2.45) is 11.1 Å². The van der Waals surface area contributed by atoms with E-state index in [1.54, 1.807) is 0 Å². The Balaban J connectivity index is 2.81. The number of ketones is 1. The van der Waals surface area contributed by atoms with E-state index >= 15 is 0 Å². The molecule has 2 nitrogen and oxygen atoms in total. The predicted molar refractivity (Wildman–Crippen MR) is 74.8 cm³/mol. The summed E-state index contributed by atoms with van der Waals surface area (Å²) < 4.78 is 27.4. The summed E-state index contributed by atoms with van der Waals surface area (Å²) >= 11 is 2.98. The van der Waals surface area contributed by atoms with Gasteiger partial charge in [0.05, 0.1) is 4.47 Å². The molecule has 0 spiro atoms. The van der Waals surface area contributed by atoms with Crippen LogP contribution < -0.4 is 5.73 Å². The fraction of sp³-hybridized carbons (Fsp3) is 0.500. The van der Waals surface area contributed by atoms with E-state index < -0.39 is 11.6 Å². The van der Waals surface area contributed by atoms with Gasteiger partial charge in [-0.3, -0.25) is 4.79 Å². The van der Waals surface area contributed by atoms with E-state index in [0.717, 1.165) is 6.07 Å². The van der Waals surface area contributed by atoms with Gasteiger partial charge in [0.15, 0.2) is 0 Å². The van der Waals surface area contributed by atoms with E-state index in [1.807, 2.05) is 20.8 Å². The van der Waals surface area contributed by atoms with Gasteiger partial charge in [-0.05, 0) is 33.5 Å². The van der Waals surface area contributed by atoms with Gasteiger partial charge in [-0.25, -0.2) is 8.78 Å². The third kappa shape index (κ3) is 4.35. The van der Waals surface area contributed by atoms with Gasteiger partial charge in [-0.1, -0.05) is 20.8 Å². The number of nitrogens with two attached hydrogens (primary N) is 1. The molecule has 0 fully saturated rings. The molecule has 0 saturated carbocycles. The van der Waals surface area contributed by atoms with Crippen LogP contribution in [0.1, 0.15) is 32.8 Å². The number of halogens is 3. The maximum atomic E-state index is 13.7. The third-order valence-corrected chi connectivity index (χ3v) is 3.69. The monoisotopic (exact) mass is 333 g/mol. The summed E-state index contributed by atoms with van der Waals surface area (Å²) in [5, 5.41) is 0. The molecule has 106 valence electrons. The van der Waals surface area contributed by atoms with Gasteiger partial charge in [0.1, 0.15) is 17.4 Å². The molecule has 1 unspecified atom stereocenters. The number of carbonyl (C=O) groups is 1. The second-order valence-corrected chi connectivity index (χ2v) is 6.57. The minimum Gasteiger partial charge on any atom is -0.327 e. The van der Waals surface area contributed by atoms with Crippen molar-refractivity contribution < 1.29 is 13.6 Å². The number of Topliss-reactive ketones (excluding diaryl/α,β-unsaturated/α-hetero) is 1. The number of benzene rings is 1. The van der Waals surface area contributed by atoms with Crippen molar-refractivity contribution in [2.45, 2.75) is 39.7 Å². The zero-order chi connectivity index (χ0) is 14.8. The molecule has 19 heavy (non-hydrogen) atoms. The van der Waals surface area contributed by atoms with Crippen molar-refractivity contribution in [1.29, 1.82) is 0 Å². The van der Waals surface area contributed by atoms with Crippen molar-refractivity contribution in [2.75, 3.05) is 0 Å². The van der Waals surface area contributed by atoms with E-state index in [2.05, 4.69) is 15.9 Å². The summed E-state index contributed by atoms with van der Waals surface area (Å²) in [5.74, 6) is -1.70. The first-order chi connectivity index (χ1) is 8.62.